The Bertz CT molecular complexity index is 1220. The number of hydrogen-bond acceptors (Lipinski definition) is 4. The van der Waals surface area contributed by atoms with Gasteiger partial charge < -0.3 is 9.47 Å². The molecule has 3 aromatic rings. The van der Waals surface area contributed by atoms with Crippen LogP contribution in [0.1, 0.15) is 58.2 Å². The number of nitrogens with one attached hydrogen (secondary N) is 2. The minimum atomic E-state index is -0.613. The number of benzene rings is 3. The Morgan fingerprint density at radius 2 is 1.11 bits per heavy atom. The monoisotopic (exact) mass is 474 g/mol. The molecule has 6 nitrogen and oxygen atoms in total. The number of carbonyl (C=O) groups excluding carboxylic acids is 2. The van der Waals surface area contributed by atoms with E-state index in [9.17, 15) is 9.59 Å². The Kier molecular flexibility index (Phi) is 7.54. The molecule has 3 aromatic carbocycles. The third-order valence-electron chi connectivity index (χ3n) is 5.52. The maximum atomic E-state index is 12.7. The van der Waals surface area contributed by atoms with Crippen molar-refractivity contribution in [2.45, 2.75) is 59.3 Å². The summed E-state index contributed by atoms with van der Waals surface area (Å²) in [5.74, 6) is 1.01. The highest BCUT2D eigenvalue weighted by molar-refractivity contribution is 5.91. The van der Waals surface area contributed by atoms with E-state index >= 15 is 0 Å². The second kappa shape index (κ2) is 10.2. The molecule has 0 saturated heterocycles. The molecule has 3 rings (SSSR count). The van der Waals surface area contributed by atoms with E-state index in [0.717, 1.165) is 16.7 Å². The van der Waals surface area contributed by atoms with E-state index in [0.29, 0.717) is 22.9 Å². The fourth-order valence-electron chi connectivity index (χ4n) is 3.66. The molecule has 0 heterocycles. The molecule has 0 aliphatic rings. The summed E-state index contributed by atoms with van der Waals surface area (Å²) in [4.78, 5) is 25.3. The molecule has 0 saturated carbocycles. The molecule has 0 fully saturated rings. The van der Waals surface area contributed by atoms with Gasteiger partial charge in [0.1, 0.15) is 11.5 Å². The Morgan fingerprint density at radius 1 is 0.657 bits per heavy atom. The largest absolute Gasteiger partial charge is 0.417 e. The minimum Gasteiger partial charge on any atom is -0.410 e. The topological polar surface area (TPSA) is 76.7 Å². The Morgan fingerprint density at radius 3 is 1.60 bits per heavy atom. The summed E-state index contributed by atoms with van der Waals surface area (Å²) in [5, 5.41) is 5.51. The van der Waals surface area contributed by atoms with Gasteiger partial charge in [-0.15, -0.1) is 0 Å². The van der Waals surface area contributed by atoms with Crippen molar-refractivity contribution in [3.8, 4) is 11.5 Å². The lowest BCUT2D eigenvalue weighted by atomic mass is 9.86. The van der Waals surface area contributed by atoms with Crippen LogP contribution in [0.25, 0.3) is 0 Å². The first kappa shape index (κ1) is 25.8. The number of aryl methyl sites for hydroxylation is 1. The quantitative estimate of drug-likeness (QED) is 0.404. The van der Waals surface area contributed by atoms with Gasteiger partial charge in [0.15, 0.2) is 0 Å². The van der Waals surface area contributed by atoms with Gasteiger partial charge >= 0.3 is 12.2 Å². The van der Waals surface area contributed by atoms with Gasteiger partial charge in [-0.3, -0.25) is 10.6 Å². The summed E-state index contributed by atoms with van der Waals surface area (Å²) < 4.78 is 11.2. The predicted molar refractivity (Wildman–Crippen MR) is 141 cm³/mol. The second-order valence-corrected chi connectivity index (χ2v) is 10.6. The number of carbonyl (C=O) groups is 2. The maximum Gasteiger partial charge on any atom is 0.417 e. The zero-order chi connectivity index (χ0) is 25.8. The average molecular weight is 475 g/mol. The molecule has 0 aromatic heterocycles. The predicted octanol–water partition coefficient (Wildman–Crippen LogP) is 7.81. The Balaban J connectivity index is 1.71. The van der Waals surface area contributed by atoms with Gasteiger partial charge in [-0.05, 0) is 47.6 Å². The van der Waals surface area contributed by atoms with Gasteiger partial charge in [-0.2, -0.15) is 0 Å². The second-order valence-electron chi connectivity index (χ2n) is 10.6. The summed E-state index contributed by atoms with van der Waals surface area (Å²) >= 11 is 0. The number of hydrogen-bond donors (Lipinski definition) is 2. The maximum absolute atomic E-state index is 12.7. The first-order chi connectivity index (χ1) is 16.3. The fraction of sp³-hybridized carbons (Fsp3) is 0.310. The van der Waals surface area contributed by atoms with Crippen LogP contribution in [0.3, 0.4) is 0 Å². The molecule has 0 aliphatic heterocycles. The molecule has 6 heteroatoms. The van der Waals surface area contributed by atoms with Crippen LogP contribution < -0.4 is 20.1 Å². The van der Waals surface area contributed by atoms with E-state index in [1.165, 1.54) is 0 Å². The van der Waals surface area contributed by atoms with Gasteiger partial charge in [-0.25, -0.2) is 9.59 Å². The lowest BCUT2D eigenvalue weighted by molar-refractivity contribution is 0.213. The number of rotatable bonds is 4. The van der Waals surface area contributed by atoms with Crippen LogP contribution in [-0.2, 0) is 10.8 Å². The van der Waals surface area contributed by atoms with E-state index in [4.69, 9.17) is 9.47 Å². The first-order valence-electron chi connectivity index (χ1n) is 11.6. The third kappa shape index (κ3) is 6.85. The fourth-order valence-corrected chi connectivity index (χ4v) is 3.66. The molecule has 35 heavy (non-hydrogen) atoms. The van der Waals surface area contributed by atoms with Gasteiger partial charge in [0.2, 0.25) is 0 Å². The summed E-state index contributed by atoms with van der Waals surface area (Å²) in [7, 11) is 0. The van der Waals surface area contributed by atoms with Crippen LogP contribution in [0.4, 0.5) is 21.0 Å². The van der Waals surface area contributed by atoms with Crippen molar-refractivity contribution < 1.29 is 19.1 Å². The average Bonchev–Trinajstić information content (AvgIpc) is 2.75. The van der Waals surface area contributed by atoms with Gasteiger partial charge in [0.05, 0.1) is 0 Å². The standard InChI is InChI=1S/C29H34N2O4/c1-19-16-17-20(30-26(32)34-24-14-10-8-12-21(24)28(2,3)4)18-23(19)31-27(33)35-25-15-11-9-13-22(25)29(5,6)7/h8-18H,1-7H3,(H,30,32)(H,31,33). The van der Waals surface area contributed by atoms with E-state index in [1.54, 1.807) is 30.3 Å². The van der Waals surface area contributed by atoms with Gasteiger partial charge in [0, 0.05) is 22.5 Å². The summed E-state index contributed by atoms with van der Waals surface area (Å²) in [5.41, 5.74) is 3.34. The van der Waals surface area contributed by atoms with E-state index in [1.807, 2.05) is 43.3 Å². The molecule has 0 bridgehead atoms. The van der Waals surface area contributed by atoms with Crippen molar-refractivity contribution in [2.24, 2.45) is 0 Å². The Labute approximate surface area is 207 Å². The molecule has 0 radical (unpaired) electrons. The number of ether oxygens (including phenoxy) is 2. The molecule has 0 unspecified atom stereocenters. The smallest absolute Gasteiger partial charge is 0.410 e. The number of anilines is 2. The van der Waals surface area contributed by atoms with E-state index in [2.05, 4.69) is 52.2 Å². The van der Waals surface area contributed by atoms with E-state index < -0.39 is 12.2 Å². The number of para-hydroxylation sites is 2. The van der Waals surface area contributed by atoms with Crippen LogP contribution in [0.5, 0.6) is 11.5 Å². The molecule has 184 valence electrons. The lowest BCUT2D eigenvalue weighted by Gasteiger charge is -2.22. The zero-order valence-electron chi connectivity index (χ0n) is 21.5. The van der Waals surface area contributed by atoms with Crippen LogP contribution in [0.15, 0.2) is 66.7 Å². The molecule has 2 amide bonds. The highest BCUT2D eigenvalue weighted by Gasteiger charge is 2.21. The van der Waals surface area contributed by atoms with Gasteiger partial charge in [-0.1, -0.05) is 84.0 Å². The Hall–Kier alpha value is -3.80. The molecule has 0 spiro atoms. The van der Waals surface area contributed by atoms with Crippen molar-refractivity contribution in [1.82, 2.24) is 0 Å². The molecule has 0 atom stereocenters. The highest BCUT2D eigenvalue weighted by atomic mass is 16.6. The van der Waals surface area contributed by atoms with Crippen molar-refractivity contribution in [1.29, 1.82) is 0 Å². The zero-order valence-corrected chi connectivity index (χ0v) is 21.5. The van der Waals surface area contributed by atoms with Gasteiger partial charge in [0.25, 0.3) is 0 Å². The van der Waals surface area contributed by atoms with Crippen molar-refractivity contribution in [2.75, 3.05) is 10.6 Å². The number of amides is 2. The van der Waals surface area contributed by atoms with Crippen LogP contribution in [-0.4, -0.2) is 12.2 Å². The van der Waals surface area contributed by atoms with Crippen LogP contribution in [0, 0.1) is 6.92 Å². The summed E-state index contributed by atoms with van der Waals surface area (Å²) in [6.07, 6.45) is -1.22. The molecule has 2 N–H and O–H groups in total. The summed E-state index contributed by atoms with van der Waals surface area (Å²) in [6, 6.07) is 20.2. The van der Waals surface area contributed by atoms with E-state index in [-0.39, 0.29) is 10.8 Å². The van der Waals surface area contributed by atoms with Crippen molar-refractivity contribution in [3.63, 3.8) is 0 Å². The SMILES string of the molecule is Cc1ccc(NC(=O)Oc2ccccc2C(C)(C)C)cc1NC(=O)Oc1ccccc1C(C)(C)C. The first-order valence-corrected chi connectivity index (χ1v) is 11.6. The van der Waals surface area contributed by atoms with Crippen LogP contribution in [0.2, 0.25) is 0 Å². The molecular weight excluding hydrogens is 440 g/mol. The molecule has 0 aliphatic carbocycles. The summed E-state index contributed by atoms with van der Waals surface area (Å²) in [6.45, 7) is 14.2. The third-order valence-corrected chi connectivity index (χ3v) is 5.52. The minimum absolute atomic E-state index is 0.177. The normalized spacial score (nSPS) is 11.5. The lowest BCUT2D eigenvalue weighted by Crippen LogP contribution is -2.22. The molecular formula is C29H34N2O4. The van der Waals surface area contributed by atoms with Crippen molar-refractivity contribution >= 4 is 23.6 Å². The van der Waals surface area contributed by atoms with Crippen LogP contribution >= 0.6 is 0 Å². The highest BCUT2D eigenvalue weighted by Crippen LogP contribution is 2.32. The van der Waals surface area contributed by atoms with Crippen molar-refractivity contribution in [3.05, 3.63) is 83.4 Å².